The minimum atomic E-state index is -0.250. The number of carbonyl (C=O) groups excluding carboxylic acids is 2. The lowest BCUT2D eigenvalue weighted by molar-refractivity contribution is -0.126. The van der Waals surface area contributed by atoms with Gasteiger partial charge in [0.15, 0.2) is 0 Å². The zero-order valence-corrected chi connectivity index (χ0v) is 17.4. The normalized spacial score (nSPS) is 14.9. The van der Waals surface area contributed by atoms with E-state index in [2.05, 4.69) is 29.7 Å². The molecule has 0 saturated heterocycles. The largest absolute Gasteiger partial charge is 0.345 e. The molecule has 1 fully saturated rings. The van der Waals surface area contributed by atoms with Gasteiger partial charge >= 0.3 is 0 Å². The van der Waals surface area contributed by atoms with Gasteiger partial charge in [-0.25, -0.2) is 0 Å². The molecule has 0 aliphatic heterocycles. The van der Waals surface area contributed by atoms with E-state index in [1.807, 2.05) is 54.3 Å². The SMILES string of the molecule is CCCN(CC(=O)Nc1ccccc1C)CC(=O)NC1(c2ccccc2)CCC1. The minimum Gasteiger partial charge on any atom is -0.345 e. The molecule has 1 aliphatic rings. The molecule has 0 heterocycles. The van der Waals surface area contributed by atoms with Crippen LogP contribution in [0.15, 0.2) is 54.6 Å². The van der Waals surface area contributed by atoms with Gasteiger partial charge in [0, 0.05) is 5.69 Å². The molecular weight excluding hydrogens is 362 g/mol. The summed E-state index contributed by atoms with van der Waals surface area (Å²) in [5, 5.41) is 6.21. The lowest BCUT2D eigenvalue weighted by atomic mass is 9.72. The maximum atomic E-state index is 12.8. The molecule has 0 aromatic heterocycles. The number of nitrogens with zero attached hydrogens (tertiary/aromatic N) is 1. The van der Waals surface area contributed by atoms with Crippen molar-refractivity contribution in [3.63, 3.8) is 0 Å². The van der Waals surface area contributed by atoms with E-state index in [0.29, 0.717) is 6.54 Å². The average molecular weight is 394 g/mol. The molecule has 5 heteroatoms. The Morgan fingerprint density at radius 2 is 1.62 bits per heavy atom. The molecule has 2 amide bonds. The third kappa shape index (κ3) is 5.45. The molecule has 0 unspecified atom stereocenters. The van der Waals surface area contributed by atoms with Crippen molar-refractivity contribution < 1.29 is 9.59 Å². The van der Waals surface area contributed by atoms with Crippen LogP contribution in [0.4, 0.5) is 5.69 Å². The zero-order valence-electron chi connectivity index (χ0n) is 17.4. The van der Waals surface area contributed by atoms with E-state index in [0.717, 1.165) is 36.9 Å². The highest BCUT2D eigenvalue weighted by molar-refractivity contribution is 5.93. The quantitative estimate of drug-likeness (QED) is 0.680. The molecular formula is C24H31N3O2. The van der Waals surface area contributed by atoms with Gasteiger partial charge in [-0.15, -0.1) is 0 Å². The Kier molecular flexibility index (Phi) is 7.04. The molecule has 2 aromatic carbocycles. The van der Waals surface area contributed by atoms with E-state index in [1.165, 1.54) is 5.56 Å². The molecule has 1 saturated carbocycles. The Morgan fingerprint density at radius 1 is 0.966 bits per heavy atom. The fourth-order valence-electron chi connectivity index (χ4n) is 3.92. The Labute approximate surface area is 173 Å². The van der Waals surface area contributed by atoms with Gasteiger partial charge in [0.2, 0.25) is 11.8 Å². The number of carbonyl (C=O) groups is 2. The summed E-state index contributed by atoms with van der Waals surface area (Å²) in [5.74, 6) is -0.118. The van der Waals surface area contributed by atoms with Gasteiger partial charge in [-0.1, -0.05) is 55.5 Å². The van der Waals surface area contributed by atoms with Crippen LogP contribution < -0.4 is 10.6 Å². The molecule has 29 heavy (non-hydrogen) atoms. The van der Waals surface area contributed by atoms with Gasteiger partial charge in [-0.3, -0.25) is 14.5 Å². The second-order valence-electron chi connectivity index (χ2n) is 7.92. The van der Waals surface area contributed by atoms with Crippen molar-refractivity contribution in [3.8, 4) is 0 Å². The van der Waals surface area contributed by atoms with Crippen LogP contribution >= 0.6 is 0 Å². The van der Waals surface area contributed by atoms with Crippen molar-refractivity contribution >= 4 is 17.5 Å². The number of amides is 2. The van der Waals surface area contributed by atoms with Crippen LogP contribution in [0, 0.1) is 6.92 Å². The van der Waals surface area contributed by atoms with Crippen molar-refractivity contribution in [1.82, 2.24) is 10.2 Å². The third-order valence-electron chi connectivity index (χ3n) is 5.61. The predicted octanol–water partition coefficient (Wildman–Crippen LogP) is 3.84. The highest BCUT2D eigenvalue weighted by Crippen LogP contribution is 2.41. The van der Waals surface area contributed by atoms with E-state index in [4.69, 9.17) is 0 Å². The molecule has 154 valence electrons. The number of hydrogen-bond donors (Lipinski definition) is 2. The first-order valence-corrected chi connectivity index (χ1v) is 10.5. The number of anilines is 1. The molecule has 5 nitrogen and oxygen atoms in total. The molecule has 2 N–H and O–H groups in total. The Bertz CT molecular complexity index is 831. The summed E-state index contributed by atoms with van der Waals surface area (Å²) in [7, 11) is 0. The van der Waals surface area contributed by atoms with Crippen LogP contribution in [0.2, 0.25) is 0 Å². The first kappa shape index (κ1) is 21.1. The average Bonchev–Trinajstić information content (AvgIpc) is 2.67. The number of aryl methyl sites for hydroxylation is 1. The number of para-hydroxylation sites is 1. The first-order chi connectivity index (χ1) is 14.0. The van der Waals surface area contributed by atoms with Crippen LogP contribution in [-0.4, -0.2) is 36.3 Å². The molecule has 1 aliphatic carbocycles. The smallest absolute Gasteiger partial charge is 0.238 e. The van der Waals surface area contributed by atoms with Gasteiger partial charge in [0.25, 0.3) is 0 Å². The van der Waals surface area contributed by atoms with Gasteiger partial charge in [-0.05, 0) is 56.3 Å². The number of benzene rings is 2. The van der Waals surface area contributed by atoms with Crippen LogP contribution in [0.25, 0.3) is 0 Å². The van der Waals surface area contributed by atoms with Crippen LogP contribution in [0.3, 0.4) is 0 Å². The van der Waals surface area contributed by atoms with E-state index in [1.54, 1.807) is 0 Å². The van der Waals surface area contributed by atoms with E-state index < -0.39 is 0 Å². The van der Waals surface area contributed by atoms with Crippen LogP contribution in [-0.2, 0) is 15.1 Å². The number of nitrogens with one attached hydrogen (secondary N) is 2. The Morgan fingerprint density at radius 3 is 2.24 bits per heavy atom. The minimum absolute atomic E-state index is 0.0225. The van der Waals surface area contributed by atoms with Gasteiger partial charge < -0.3 is 10.6 Å². The van der Waals surface area contributed by atoms with Crippen molar-refractivity contribution in [2.45, 2.75) is 45.1 Å². The molecule has 3 rings (SSSR count). The maximum Gasteiger partial charge on any atom is 0.238 e. The standard InChI is InChI=1S/C24H31N3O2/c1-3-16-27(17-22(28)25-21-13-8-7-10-19(21)2)18-23(29)26-24(14-9-15-24)20-11-5-4-6-12-20/h4-8,10-13H,3,9,14-18H2,1-2H3,(H,25,28)(H,26,29). The van der Waals surface area contributed by atoms with Gasteiger partial charge in [-0.2, -0.15) is 0 Å². The van der Waals surface area contributed by atoms with E-state index in [9.17, 15) is 9.59 Å². The second-order valence-corrected chi connectivity index (χ2v) is 7.92. The second kappa shape index (κ2) is 9.70. The number of rotatable bonds is 9. The molecule has 0 bridgehead atoms. The summed E-state index contributed by atoms with van der Waals surface area (Å²) >= 11 is 0. The lowest BCUT2D eigenvalue weighted by Gasteiger charge is -2.43. The fourth-order valence-corrected chi connectivity index (χ4v) is 3.92. The maximum absolute atomic E-state index is 12.8. The van der Waals surface area contributed by atoms with Crippen molar-refractivity contribution in [2.24, 2.45) is 0 Å². The fraction of sp³-hybridized carbons (Fsp3) is 0.417. The summed E-state index contributed by atoms with van der Waals surface area (Å²) in [6, 6.07) is 17.9. The highest BCUT2D eigenvalue weighted by atomic mass is 16.2. The van der Waals surface area contributed by atoms with Crippen LogP contribution in [0.5, 0.6) is 0 Å². The third-order valence-corrected chi connectivity index (χ3v) is 5.61. The topological polar surface area (TPSA) is 61.4 Å². The summed E-state index contributed by atoms with van der Waals surface area (Å²) < 4.78 is 0. The van der Waals surface area contributed by atoms with Crippen molar-refractivity contribution in [3.05, 3.63) is 65.7 Å². The van der Waals surface area contributed by atoms with Gasteiger partial charge in [0.05, 0.1) is 18.6 Å². The summed E-state index contributed by atoms with van der Waals surface area (Å²) in [5.41, 5.74) is 2.75. The van der Waals surface area contributed by atoms with Gasteiger partial charge in [0.1, 0.15) is 0 Å². The van der Waals surface area contributed by atoms with Crippen LogP contribution in [0.1, 0.15) is 43.7 Å². The number of hydrogen-bond acceptors (Lipinski definition) is 3. The summed E-state index contributed by atoms with van der Waals surface area (Å²) in [4.78, 5) is 27.3. The lowest BCUT2D eigenvalue weighted by Crippen LogP contribution is -2.53. The molecule has 0 atom stereocenters. The highest BCUT2D eigenvalue weighted by Gasteiger charge is 2.39. The van der Waals surface area contributed by atoms with E-state index in [-0.39, 0.29) is 30.4 Å². The first-order valence-electron chi connectivity index (χ1n) is 10.5. The zero-order chi connectivity index (χ0) is 20.7. The molecule has 0 radical (unpaired) electrons. The Balaban J connectivity index is 1.59. The predicted molar refractivity (Wildman–Crippen MR) is 117 cm³/mol. The monoisotopic (exact) mass is 393 g/mol. The Hall–Kier alpha value is -2.66. The molecule has 2 aromatic rings. The van der Waals surface area contributed by atoms with E-state index >= 15 is 0 Å². The summed E-state index contributed by atoms with van der Waals surface area (Å²) in [6.45, 7) is 5.15. The van der Waals surface area contributed by atoms with Crippen molar-refractivity contribution in [1.29, 1.82) is 0 Å². The summed E-state index contributed by atoms with van der Waals surface area (Å²) in [6.07, 6.45) is 3.93. The van der Waals surface area contributed by atoms with Crippen molar-refractivity contribution in [2.75, 3.05) is 25.0 Å². The molecule has 0 spiro atoms.